The van der Waals surface area contributed by atoms with Gasteiger partial charge in [-0.3, -0.25) is 4.79 Å². The topological polar surface area (TPSA) is 78.5 Å². The largest absolute Gasteiger partial charge is 0.350 e. The van der Waals surface area contributed by atoms with Crippen LogP contribution in [0.4, 0.5) is 0 Å². The number of carbonyl (C=O) groups excluding carboxylic acids is 1. The molecule has 1 heterocycles. The minimum atomic E-state index is -3.62. The summed E-state index contributed by atoms with van der Waals surface area (Å²) in [6, 6.07) is 10.3. The lowest BCUT2D eigenvalue weighted by molar-refractivity contribution is 0.0942. The zero-order valence-electron chi connectivity index (χ0n) is 16.2. The molecular weight excluding hydrogens is 394 g/mol. The fraction of sp³-hybridized carbons (Fsp3) is 0.450. The van der Waals surface area contributed by atoms with E-state index in [0.717, 1.165) is 25.7 Å². The summed E-state index contributed by atoms with van der Waals surface area (Å²) in [7, 11) is 0.325. The lowest BCUT2D eigenvalue weighted by atomic mass is 10.2. The lowest BCUT2D eigenvalue weighted by Gasteiger charge is -2.23. The molecule has 1 fully saturated rings. The summed E-state index contributed by atoms with van der Waals surface area (Å²) in [6.45, 7) is 0.448. The Balaban J connectivity index is 1.68. The van der Waals surface area contributed by atoms with Crippen LogP contribution in [0.1, 0.15) is 47.0 Å². The zero-order chi connectivity index (χ0) is 20.1. The Morgan fingerprint density at radius 3 is 2.61 bits per heavy atom. The fourth-order valence-electron chi connectivity index (χ4n) is 3.45. The molecule has 8 heteroatoms. The molecule has 0 saturated heterocycles. The average Bonchev–Trinajstić information content (AvgIpc) is 3.35. The molecule has 1 saturated carbocycles. The van der Waals surface area contributed by atoms with E-state index in [-0.39, 0.29) is 22.9 Å². The molecule has 0 bridgehead atoms. The van der Waals surface area contributed by atoms with E-state index < -0.39 is 10.0 Å². The van der Waals surface area contributed by atoms with Crippen molar-refractivity contribution in [2.45, 2.75) is 42.7 Å². The molecular formula is C20H27N3O3S2. The van der Waals surface area contributed by atoms with Gasteiger partial charge in [0, 0.05) is 23.0 Å². The van der Waals surface area contributed by atoms with Gasteiger partial charge in [0.05, 0.1) is 10.9 Å². The van der Waals surface area contributed by atoms with Crippen molar-refractivity contribution in [1.82, 2.24) is 14.9 Å². The molecule has 152 valence electrons. The molecule has 2 aromatic rings. The summed E-state index contributed by atoms with van der Waals surface area (Å²) in [5.41, 5.74) is 0.345. The Bertz CT molecular complexity index is 889. The second kappa shape index (κ2) is 9.17. The number of carbonyl (C=O) groups is 1. The number of amides is 1. The highest BCUT2D eigenvalue weighted by atomic mass is 32.2. The Morgan fingerprint density at radius 2 is 1.96 bits per heavy atom. The first-order valence-corrected chi connectivity index (χ1v) is 11.8. The standard InChI is InChI=1S/C20H27N3O3S2/c1-23(2)18(19-11-6-12-27-19)14-21-20(24)15-7-5-10-17(13-15)28(25,26)22-16-8-3-4-9-16/h5-7,10-13,16,18,22H,3-4,8-9,14H2,1-2H3,(H,21,24). The predicted octanol–water partition coefficient (Wildman–Crippen LogP) is 3.00. The summed E-state index contributed by atoms with van der Waals surface area (Å²) in [5.74, 6) is -0.277. The maximum atomic E-state index is 12.6. The van der Waals surface area contributed by atoms with Gasteiger partial charge in [0.2, 0.25) is 10.0 Å². The second-order valence-corrected chi connectivity index (χ2v) is 10.0. The Labute approximate surface area is 171 Å². The zero-order valence-corrected chi connectivity index (χ0v) is 17.9. The van der Waals surface area contributed by atoms with Crippen LogP contribution in [-0.4, -0.2) is 45.9 Å². The molecule has 1 aliphatic rings. The van der Waals surface area contributed by atoms with Gasteiger partial charge >= 0.3 is 0 Å². The number of hydrogen-bond donors (Lipinski definition) is 2. The molecule has 0 spiro atoms. The fourth-order valence-corrected chi connectivity index (χ4v) is 5.72. The maximum Gasteiger partial charge on any atom is 0.251 e. The van der Waals surface area contributed by atoms with Crippen molar-refractivity contribution in [3.8, 4) is 0 Å². The Morgan fingerprint density at radius 1 is 1.21 bits per heavy atom. The number of benzene rings is 1. The smallest absolute Gasteiger partial charge is 0.251 e. The summed E-state index contributed by atoms with van der Waals surface area (Å²) in [5, 5.41) is 4.94. The molecule has 0 radical (unpaired) electrons. The van der Waals surface area contributed by atoms with Gasteiger partial charge in [-0.15, -0.1) is 11.3 Å². The number of sulfonamides is 1. The monoisotopic (exact) mass is 421 g/mol. The van der Waals surface area contributed by atoms with E-state index in [0.29, 0.717) is 12.1 Å². The van der Waals surface area contributed by atoms with Crippen molar-refractivity contribution in [1.29, 1.82) is 0 Å². The number of nitrogens with zero attached hydrogens (tertiary/aromatic N) is 1. The first-order chi connectivity index (χ1) is 13.4. The van der Waals surface area contributed by atoms with Gasteiger partial charge in [0.1, 0.15) is 0 Å². The van der Waals surface area contributed by atoms with Crippen LogP contribution in [0.2, 0.25) is 0 Å². The van der Waals surface area contributed by atoms with Crippen LogP contribution in [-0.2, 0) is 10.0 Å². The van der Waals surface area contributed by atoms with E-state index in [4.69, 9.17) is 0 Å². The van der Waals surface area contributed by atoms with Crippen molar-refractivity contribution in [2.75, 3.05) is 20.6 Å². The summed E-state index contributed by atoms with van der Waals surface area (Å²) in [4.78, 5) is 16.0. The van der Waals surface area contributed by atoms with Crippen LogP contribution in [0.5, 0.6) is 0 Å². The van der Waals surface area contributed by atoms with Crippen molar-refractivity contribution in [2.24, 2.45) is 0 Å². The Hall–Kier alpha value is -1.74. The van der Waals surface area contributed by atoms with Gasteiger partial charge in [0.25, 0.3) is 5.91 Å². The van der Waals surface area contributed by atoms with E-state index in [9.17, 15) is 13.2 Å². The summed E-state index contributed by atoms with van der Waals surface area (Å²) >= 11 is 1.65. The van der Waals surface area contributed by atoms with Crippen LogP contribution < -0.4 is 10.0 Å². The average molecular weight is 422 g/mol. The summed E-state index contributed by atoms with van der Waals surface area (Å²) in [6.07, 6.45) is 3.84. The van der Waals surface area contributed by atoms with Crippen molar-refractivity contribution >= 4 is 27.3 Å². The molecule has 1 aromatic heterocycles. The third kappa shape index (κ3) is 5.20. The van der Waals surface area contributed by atoms with Gasteiger partial charge in [-0.05, 0) is 56.6 Å². The highest BCUT2D eigenvalue weighted by Crippen LogP contribution is 2.23. The first kappa shape index (κ1) is 21.0. The lowest BCUT2D eigenvalue weighted by Crippen LogP contribution is -2.34. The minimum absolute atomic E-state index is 0.00544. The van der Waals surface area contributed by atoms with Crippen LogP contribution >= 0.6 is 11.3 Å². The second-order valence-electron chi connectivity index (χ2n) is 7.34. The number of rotatable bonds is 8. The van der Waals surface area contributed by atoms with E-state index in [1.54, 1.807) is 23.5 Å². The SMILES string of the molecule is CN(C)C(CNC(=O)c1cccc(S(=O)(=O)NC2CCCC2)c1)c1cccs1. The van der Waals surface area contributed by atoms with E-state index >= 15 is 0 Å². The molecule has 0 aliphatic heterocycles. The third-order valence-corrected chi connectivity index (χ3v) is 7.53. The molecule has 28 heavy (non-hydrogen) atoms. The predicted molar refractivity (Wildman–Crippen MR) is 112 cm³/mol. The van der Waals surface area contributed by atoms with Gasteiger partial charge < -0.3 is 10.2 Å². The molecule has 3 rings (SSSR count). The van der Waals surface area contributed by atoms with Crippen molar-refractivity contribution < 1.29 is 13.2 Å². The van der Waals surface area contributed by atoms with E-state index in [2.05, 4.69) is 14.9 Å². The highest BCUT2D eigenvalue weighted by molar-refractivity contribution is 7.89. The van der Waals surface area contributed by atoms with E-state index in [1.807, 2.05) is 31.6 Å². The summed E-state index contributed by atoms with van der Waals surface area (Å²) < 4.78 is 28.0. The van der Waals surface area contributed by atoms with Crippen LogP contribution in [0, 0.1) is 0 Å². The first-order valence-electron chi connectivity index (χ1n) is 9.47. The van der Waals surface area contributed by atoms with Gasteiger partial charge in [-0.25, -0.2) is 13.1 Å². The third-order valence-electron chi connectivity index (χ3n) is 5.03. The maximum absolute atomic E-state index is 12.6. The molecule has 6 nitrogen and oxygen atoms in total. The number of likely N-dealkylation sites (N-methyl/N-ethyl adjacent to an activating group) is 1. The molecule has 1 atom stereocenters. The van der Waals surface area contributed by atoms with E-state index in [1.165, 1.54) is 17.0 Å². The van der Waals surface area contributed by atoms with Crippen LogP contribution in [0.15, 0.2) is 46.7 Å². The number of hydrogen-bond acceptors (Lipinski definition) is 5. The molecule has 1 amide bonds. The molecule has 1 unspecified atom stereocenters. The Kier molecular flexibility index (Phi) is 6.87. The van der Waals surface area contributed by atoms with Gasteiger partial charge in [-0.1, -0.05) is 25.0 Å². The molecule has 1 aromatic carbocycles. The number of nitrogens with one attached hydrogen (secondary N) is 2. The van der Waals surface area contributed by atoms with Gasteiger partial charge in [0.15, 0.2) is 0 Å². The normalized spacial score (nSPS) is 16.4. The van der Waals surface area contributed by atoms with Gasteiger partial charge in [-0.2, -0.15) is 0 Å². The highest BCUT2D eigenvalue weighted by Gasteiger charge is 2.24. The van der Waals surface area contributed by atoms with Crippen LogP contribution in [0.25, 0.3) is 0 Å². The van der Waals surface area contributed by atoms with Crippen molar-refractivity contribution in [3.05, 3.63) is 52.2 Å². The number of thiophene rings is 1. The van der Waals surface area contributed by atoms with Crippen LogP contribution in [0.3, 0.4) is 0 Å². The van der Waals surface area contributed by atoms with Crippen molar-refractivity contribution in [3.63, 3.8) is 0 Å². The molecule has 1 aliphatic carbocycles. The quantitative estimate of drug-likeness (QED) is 0.687. The molecule has 2 N–H and O–H groups in total. The minimum Gasteiger partial charge on any atom is -0.350 e.